The molecule has 0 aromatic carbocycles. The lowest BCUT2D eigenvalue weighted by molar-refractivity contribution is 0.356. The number of aromatic nitrogens is 2. The van der Waals surface area contributed by atoms with E-state index in [1.54, 1.807) is 0 Å². The minimum Gasteiger partial charge on any atom is -0.491 e. The third-order valence-corrected chi connectivity index (χ3v) is 4.77. The number of hydrogen-bond donors (Lipinski definition) is 3. The number of allylic oxidation sites excluding steroid dienone is 1. The lowest BCUT2D eigenvalue weighted by Gasteiger charge is -2.14. The summed E-state index contributed by atoms with van der Waals surface area (Å²) in [6.07, 6.45) is 5.32. The van der Waals surface area contributed by atoms with E-state index in [0.29, 0.717) is 6.61 Å². The SMILES string of the molecule is CNc1cc(C)nc(Nc2cc(C3=CCNCCC3)c3c(n2)CCO3)c1. The molecule has 136 valence electrons. The van der Waals surface area contributed by atoms with Crippen molar-refractivity contribution < 1.29 is 4.74 Å². The summed E-state index contributed by atoms with van der Waals surface area (Å²) < 4.78 is 5.91. The van der Waals surface area contributed by atoms with Crippen molar-refractivity contribution in [1.82, 2.24) is 15.3 Å². The van der Waals surface area contributed by atoms with Crippen LogP contribution in [0.1, 0.15) is 29.8 Å². The maximum absolute atomic E-state index is 5.91. The average Bonchev–Trinajstić information content (AvgIpc) is 2.93. The molecule has 0 unspecified atom stereocenters. The fourth-order valence-corrected chi connectivity index (χ4v) is 3.53. The van der Waals surface area contributed by atoms with Crippen LogP contribution < -0.4 is 20.7 Å². The van der Waals surface area contributed by atoms with Crippen molar-refractivity contribution in [2.24, 2.45) is 0 Å². The van der Waals surface area contributed by atoms with Crippen LogP contribution in [0.25, 0.3) is 5.57 Å². The number of aryl methyl sites for hydroxylation is 1. The van der Waals surface area contributed by atoms with Gasteiger partial charge >= 0.3 is 0 Å². The van der Waals surface area contributed by atoms with Gasteiger partial charge in [0.15, 0.2) is 0 Å². The molecule has 0 amide bonds. The fraction of sp³-hybridized carbons (Fsp3) is 0.400. The highest BCUT2D eigenvalue weighted by Crippen LogP contribution is 2.37. The molecule has 0 atom stereocenters. The van der Waals surface area contributed by atoms with E-state index in [1.165, 1.54) is 11.1 Å². The number of pyridine rings is 2. The molecule has 0 spiro atoms. The van der Waals surface area contributed by atoms with E-state index in [4.69, 9.17) is 9.72 Å². The van der Waals surface area contributed by atoms with Gasteiger partial charge in [-0.05, 0) is 44.0 Å². The van der Waals surface area contributed by atoms with Gasteiger partial charge in [0.1, 0.15) is 17.4 Å². The number of nitrogens with one attached hydrogen (secondary N) is 3. The summed E-state index contributed by atoms with van der Waals surface area (Å²) in [7, 11) is 1.91. The molecule has 0 radical (unpaired) electrons. The van der Waals surface area contributed by atoms with Gasteiger partial charge in [-0.2, -0.15) is 0 Å². The van der Waals surface area contributed by atoms with Crippen LogP contribution in [-0.2, 0) is 6.42 Å². The summed E-state index contributed by atoms with van der Waals surface area (Å²) in [5.41, 5.74) is 5.53. The number of nitrogens with zero attached hydrogens (tertiary/aromatic N) is 2. The Kier molecular flexibility index (Phi) is 4.75. The molecule has 0 saturated heterocycles. The van der Waals surface area contributed by atoms with E-state index in [9.17, 15) is 0 Å². The highest BCUT2D eigenvalue weighted by molar-refractivity contribution is 5.75. The first kappa shape index (κ1) is 16.8. The first-order valence-electron chi connectivity index (χ1n) is 9.23. The number of ether oxygens (including phenoxy) is 1. The van der Waals surface area contributed by atoms with Gasteiger partial charge in [-0.25, -0.2) is 9.97 Å². The van der Waals surface area contributed by atoms with Crippen LogP contribution in [0.2, 0.25) is 0 Å². The standard InChI is InChI=1S/C20H25N5O/c1-13-10-15(21-2)11-18(23-13)25-19-12-16(14-4-3-7-22-8-5-14)20-17(24-19)6-9-26-20/h5,10-12,22H,3-4,6-9H2,1-2H3,(H2,21,23,24,25). The van der Waals surface area contributed by atoms with Crippen molar-refractivity contribution in [3.8, 4) is 5.75 Å². The van der Waals surface area contributed by atoms with E-state index in [0.717, 1.165) is 66.8 Å². The topological polar surface area (TPSA) is 71.1 Å². The van der Waals surface area contributed by atoms with Crippen molar-refractivity contribution in [3.05, 3.63) is 41.2 Å². The Labute approximate surface area is 154 Å². The predicted molar refractivity (Wildman–Crippen MR) is 105 cm³/mol. The maximum atomic E-state index is 5.91. The molecule has 2 aliphatic rings. The highest BCUT2D eigenvalue weighted by Gasteiger charge is 2.22. The lowest BCUT2D eigenvalue weighted by Crippen LogP contribution is -2.12. The Balaban J connectivity index is 1.70. The highest BCUT2D eigenvalue weighted by atomic mass is 16.5. The number of fused-ring (bicyclic) bond motifs is 1. The zero-order chi connectivity index (χ0) is 17.9. The molecular formula is C20H25N5O. The first-order valence-corrected chi connectivity index (χ1v) is 9.23. The third kappa shape index (κ3) is 3.51. The molecule has 0 aliphatic carbocycles. The van der Waals surface area contributed by atoms with E-state index >= 15 is 0 Å². The van der Waals surface area contributed by atoms with E-state index in [-0.39, 0.29) is 0 Å². The van der Waals surface area contributed by atoms with Crippen molar-refractivity contribution in [2.75, 3.05) is 37.4 Å². The number of anilines is 3. The minimum atomic E-state index is 0.705. The van der Waals surface area contributed by atoms with E-state index < -0.39 is 0 Å². The summed E-state index contributed by atoms with van der Waals surface area (Å²) >= 11 is 0. The number of rotatable bonds is 4. The Hall–Kier alpha value is -2.60. The molecule has 0 fully saturated rings. The van der Waals surface area contributed by atoms with Crippen LogP contribution in [0.3, 0.4) is 0 Å². The Bertz CT molecular complexity index is 846. The summed E-state index contributed by atoms with van der Waals surface area (Å²) in [4.78, 5) is 9.35. The van der Waals surface area contributed by atoms with Crippen molar-refractivity contribution in [2.45, 2.75) is 26.2 Å². The predicted octanol–water partition coefficient (Wildman–Crippen LogP) is 3.27. The molecule has 26 heavy (non-hydrogen) atoms. The Morgan fingerprint density at radius 1 is 1.12 bits per heavy atom. The van der Waals surface area contributed by atoms with E-state index in [1.807, 2.05) is 26.1 Å². The van der Waals surface area contributed by atoms with Gasteiger partial charge < -0.3 is 20.7 Å². The van der Waals surface area contributed by atoms with Crippen LogP contribution in [0, 0.1) is 6.92 Å². The minimum absolute atomic E-state index is 0.705. The molecule has 4 heterocycles. The van der Waals surface area contributed by atoms with E-state index in [2.05, 4.69) is 33.1 Å². The second-order valence-electron chi connectivity index (χ2n) is 6.72. The first-order chi connectivity index (χ1) is 12.7. The summed E-state index contributed by atoms with van der Waals surface area (Å²) in [5, 5.41) is 9.98. The molecule has 2 aromatic heterocycles. The normalized spacial score (nSPS) is 16.3. The van der Waals surface area contributed by atoms with Crippen molar-refractivity contribution in [3.63, 3.8) is 0 Å². The quantitative estimate of drug-likeness (QED) is 0.785. The molecule has 6 nitrogen and oxygen atoms in total. The molecule has 3 N–H and O–H groups in total. The lowest BCUT2D eigenvalue weighted by atomic mass is 10.00. The summed E-state index contributed by atoms with van der Waals surface area (Å²) in [6, 6.07) is 6.11. The Morgan fingerprint density at radius 3 is 2.88 bits per heavy atom. The zero-order valence-electron chi connectivity index (χ0n) is 15.4. The monoisotopic (exact) mass is 351 g/mol. The smallest absolute Gasteiger partial charge is 0.148 e. The van der Waals surface area contributed by atoms with Crippen LogP contribution >= 0.6 is 0 Å². The molecule has 6 heteroatoms. The molecule has 0 saturated carbocycles. The van der Waals surface area contributed by atoms with Crippen molar-refractivity contribution >= 4 is 22.9 Å². The zero-order valence-corrected chi connectivity index (χ0v) is 15.4. The Morgan fingerprint density at radius 2 is 2.00 bits per heavy atom. The molecular weight excluding hydrogens is 326 g/mol. The van der Waals surface area contributed by atoms with Gasteiger partial charge in [0.2, 0.25) is 0 Å². The molecule has 0 bridgehead atoms. The van der Waals surface area contributed by atoms with Gasteiger partial charge in [-0.15, -0.1) is 0 Å². The molecule has 4 rings (SSSR count). The van der Waals surface area contributed by atoms with Gasteiger partial charge in [0.25, 0.3) is 0 Å². The number of hydrogen-bond acceptors (Lipinski definition) is 6. The second-order valence-corrected chi connectivity index (χ2v) is 6.72. The van der Waals surface area contributed by atoms with Crippen LogP contribution in [0.15, 0.2) is 24.3 Å². The maximum Gasteiger partial charge on any atom is 0.148 e. The van der Waals surface area contributed by atoms with Gasteiger partial charge in [-0.1, -0.05) is 6.08 Å². The van der Waals surface area contributed by atoms with Crippen LogP contribution in [0.5, 0.6) is 5.75 Å². The largest absolute Gasteiger partial charge is 0.491 e. The molecule has 2 aliphatic heterocycles. The van der Waals surface area contributed by atoms with Gasteiger partial charge in [-0.3, -0.25) is 0 Å². The summed E-state index contributed by atoms with van der Waals surface area (Å²) in [6.45, 7) is 4.65. The molecule has 2 aromatic rings. The van der Waals surface area contributed by atoms with Crippen LogP contribution in [0.4, 0.5) is 17.3 Å². The summed E-state index contributed by atoms with van der Waals surface area (Å²) in [5.74, 6) is 2.57. The van der Waals surface area contributed by atoms with Crippen molar-refractivity contribution in [1.29, 1.82) is 0 Å². The fourth-order valence-electron chi connectivity index (χ4n) is 3.53. The van der Waals surface area contributed by atoms with Gasteiger partial charge in [0, 0.05) is 43.0 Å². The van der Waals surface area contributed by atoms with Crippen LogP contribution in [-0.4, -0.2) is 36.7 Å². The van der Waals surface area contributed by atoms with Gasteiger partial charge in [0.05, 0.1) is 12.3 Å². The average molecular weight is 351 g/mol. The third-order valence-electron chi connectivity index (χ3n) is 4.77. The second kappa shape index (κ2) is 7.33.